The van der Waals surface area contributed by atoms with E-state index in [0.29, 0.717) is 31.0 Å². The van der Waals surface area contributed by atoms with Crippen molar-refractivity contribution in [1.29, 1.82) is 0 Å². The summed E-state index contributed by atoms with van der Waals surface area (Å²) in [5.74, 6) is 2.27. The highest BCUT2D eigenvalue weighted by Crippen LogP contribution is 2.49. The molecular formula is C13H20BrNO2. The summed E-state index contributed by atoms with van der Waals surface area (Å²) in [6.07, 6.45) is 5.10. The van der Waals surface area contributed by atoms with Gasteiger partial charge in [0.25, 0.3) is 0 Å². The van der Waals surface area contributed by atoms with Crippen LogP contribution in [-0.4, -0.2) is 41.9 Å². The van der Waals surface area contributed by atoms with E-state index in [1.807, 2.05) is 0 Å². The van der Waals surface area contributed by atoms with Crippen molar-refractivity contribution in [2.75, 3.05) is 25.1 Å². The third kappa shape index (κ3) is 2.14. The summed E-state index contributed by atoms with van der Waals surface area (Å²) in [6.45, 7) is 2.18. The summed E-state index contributed by atoms with van der Waals surface area (Å²) >= 11 is 3.50. The van der Waals surface area contributed by atoms with Gasteiger partial charge in [0.05, 0.1) is 19.3 Å². The lowest BCUT2D eigenvalue weighted by Crippen LogP contribution is -2.52. The Morgan fingerprint density at radius 1 is 1.35 bits per heavy atom. The summed E-state index contributed by atoms with van der Waals surface area (Å²) < 4.78 is 5.45. The predicted octanol–water partition coefficient (Wildman–Crippen LogP) is 2.04. The van der Waals surface area contributed by atoms with Gasteiger partial charge < -0.3 is 9.64 Å². The summed E-state index contributed by atoms with van der Waals surface area (Å²) in [5.41, 5.74) is 0. The van der Waals surface area contributed by atoms with E-state index in [0.717, 1.165) is 24.2 Å². The molecular weight excluding hydrogens is 282 g/mol. The van der Waals surface area contributed by atoms with Gasteiger partial charge in [-0.3, -0.25) is 4.79 Å². The van der Waals surface area contributed by atoms with Gasteiger partial charge in [-0.2, -0.15) is 0 Å². The van der Waals surface area contributed by atoms with Gasteiger partial charge in [0.2, 0.25) is 5.91 Å². The van der Waals surface area contributed by atoms with E-state index in [1.54, 1.807) is 0 Å². The molecule has 3 rings (SSSR count). The van der Waals surface area contributed by atoms with Crippen LogP contribution in [0, 0.1) is 17.8 Å². The minimum Gasteiger partial charge on any atom is -0.377 e. The largest absolute Gasteiger partial charge is 0.377 e. The quantitative estimate of drug-likeness (QED) is 0.731. The van der Waals surface area contributed by atoms with Crippen LogP contribution in [0.3, 0.4) is 0 Å². The number of rotatable bonds is 2. The number of hydrogen-bond acceptors (Lipinski definition) is 2. The first-order valence-corrected chi connectivity index (χ1v) is 7.86. The Bertz CT molecular complexity index is 310. The number of nitrogens with zero attached hydrogens (tertiary/aromatic N) is 1. The van der Waals surface area contributed by atoms with Crippen LogP contribution in [0.4, 0.5) is 0 Å². The third-order valence-corrected chi connectivity index (χ3v) is 5.49. The Kier molecular flexibility index (Phi) is 3.44. The molecule has 1 amide bonds. The van der Waals surface area contributed by atoms with E-state index in [2.05, 4.69) is 20.8 Å². The Morgan fingerprint density at radius 3 is 2.88 bits per heavy atom. The fourth-order valence-electron chi connectivity index (χ4n) is 3.83. The van der Waals surface area contributed by atoms with Crippen molar-refractivity contribution in [1.82, 2.24) is 4.90 Å². The molecule has 4 heteroatoms. The van der Waals surface area contributed by atoms with Crippen molar-refractivity contribution in [2.45, 2.75) is 31.7 Å². The zero-order valence-corrected chi connectivity index (χ0v) is 11.7. The van der Waals surface area contributed by atoms with Crippen LogP contribution in [-0.2, 0) is 9.53 Å². The van der Waals surface area contributed by atoms with Crippen LogP contribution in [0.2, 0.25) is 0 Å². The average molecular weight is 302 g/mol. The summed E-state index contributed by atoms with van der Waals surface area (Å²) in [5, 5.41) is 0.833. The molecule has 1 saturated heterocycles. The van der Waals surface area contributed by atoms with Crippen molar-refractivity contribution in [3.05, 3.63) is 0 Å². The standard InChI is InChI=1S/C13H20BrNO2/c14-7-11-8-17-4-3-15(11)13(16)12-6-9-1-2-10(12)5-9/h9-12H,1-8H2. The summed E-state index contributed by atoms with van der Waals surface area (Å²) in [6, 6.07) is 0.246. The molecule has 2 bridgehead atoms. The van der Waals surface area contributed by atoms with E-state index in [4.69, 9.17) is 4.74 Å². The number of alkyl halides is 1. The summed E-state index contributed by atoms with van der Waals surface area (Å²) in [4.78, 5) is 14.7. The van der Waals surface area contributed by atoms with Crippen molar-refractivity contribution >= 4 is 21.8 Å². The molecule has 0 radical (unpaired) electrons. The smallest absolute Gasteiger partial charge is 0.226 e. The zero-order valence-electron chi connectivity index (χ0n) is 10.1. The highest BCUT2D eigenvalue weighted by Gasteiger charge is 2.45. The number of carbonyl (C=O) groups is 1. The molecule has 2 aliphatic carbocycles. The Labute approximate surface area is 111 Å². The highest BCUT2D eigenvalue weighted by atomic mass is 79.9. The fourth-order valence-corrected chi connectivity index (χ4v) is 4.37. The van der Waals surface area contributed by atoms with Gasteiger partial charge >= 0.3 is 0 Å². The molecule has 17 heavy (non-hydrogen) atoms. The lowest BCUT2D eigenvalue weighted by Gasteiger charge is -2.37. The van der Waals surface area contributed by atoms with Crippen LogP contribution in [0.1, 0.15) is 25.7 Å². The van der Waals surface area contributed by atoms with Crippen molar-refractivity contribution < 1.29 is 9.53 Å². The molecule has 0 aromatic rings. The molecule has 4 atom stereocenters. The minimum atomic E-state index is 0.246. The Balaban J connectivity index is 1.68. The second-order valence-electron chi connectivity index (χ2n) is 5.70. The maximum absolute atomic E-state index is 12.6. The maximum atomic E-state index is 12.6. The van der Waals surface area contributed by atoms with Crippen LogP contribution >= 0.6 is 15.9 Å². The van der Waals surface area contributed by atoms with Gasteiger partial charge in [0.1, 0.15) is 0 Å². The molecule has 0 aromatic heterocycles. The molecule has 0 aromatic carbocycles. The lowest BCUT2D eigenvalue weighted by atomic mass is 9.87. The number of amides is 1. The second-order valence-corrected chi connectivity index (χ2v) is 6.34. The predicted molar refractivity (Wildman–Crippen MR) is 69.1 cm³/mol. The molecule has 1 heterocycles. The van der Waals surface area contributed by atoms with Crippen molar-refractivity contribution in [2.24, 2.45) is 17.8 Å². The van der Waals surface area contributed by atoms with Crippen LogP contribution in [0.15, 0.2) is 0 Å². The number of halogens is 1. The number of ether oxygens (including phenoxy) is 1. The van der Waals surface area contributed by atoms with Crippen LogP contribution in [0.5, 0.6) is 0 Å². The van der Waals surface area contributed by atoms with E-state index >= 15 is 0 Å². The number of carbonyl (C=O) groups excluding carboxylic acids is 1. The SMILES string of the molecule is O=C(C1CC2CCC1C2)N1CCOCC1CBr. The van der Waals surface area contributed by atoms with E-state index in [9.17, 15) is 4.79 Å². The first kappa shape index (κ1) is 12.0. The topological polar surface area (TPSA) is 29.5 Å². The van der Waals surface area contributed by atoms with Crippen molar-refractivity contribution in [3.8, 4) is 0 Å². The van der Waals surface area contributed by atoms with Gasteiger partial charge in [0, 0.05) is 17.8 Å². The highest BCUT2D eigenvalue weighted by molar-refractivity contribution is 9.09. The first-order chi connectivity index (χ1) is 8.29. The molecule has 3 fully saturated rings. The lowest BCUT2D eigenvalue weighted by molar-refractivity contribution is -0.145. The molecule has 2 saturated carbocycles. The van der Waals surface area contributed by atoms with Crippen LogP contribution < -0.4 is 0 Å². The fraction of sp³-hybridized carbons (Fsp3) is 0.923. The van der Waals surface area contributed by atoms with Gasteiger partial charge in [-0.25, -0.2) is 0 Å². The number of fused-ring (bicyclic) bond motifs is 2. The van der Waals surface area contributed by atoms with E-state index in [1.165, 1.54) is 19.3 Å². The third-order valence-electron chi connectivity index (χ3n) is 4.74. The molecule has 0 N–H and O–H groups in total. The van der Waals surface area contributed by atoms with Gasteiger partial charge in [-0.15, -0.1) is 0 Å². The monoisotopic (exact) mass is 301 g/mol. The summed E-state index contributed by atoms with van der Waals surface area (Å²) in [7, 11) is 0. The maximum Gasteiger partial charge on any atom is 0.226 e. The van der Waals surface area contributed by atoms with E-state index < -0.39 is 0 Å². The molecule has 1 aliphatic heterocycles. The van der Waals surface area contributed by atoms with Gasteiger partial charge in [-0.05, 0) is 31.1 Å². The minimum absolute atomic E-state index is 0.246. The molecule has 0 spiro atoms. The number of morpholine rings is 1. The Morgan fingerprint density at radius 2 is 2.24 bits per heavy atom. The van der Waals surface area contributed by atoms with Crippen LogP contribution in [0.25, 0.3) is 0 Å². The molecule has 4 unspecified atom stereocenters. The van der Waals surface area contributed by atoms with E-state index in [-0.39, 0.29) is 6.04 Å². The van der Waals surface area contributed by atoms with Crippen molar-refractivity contribution in [3.63, 3.8) is 0 Å². The number of hydrogen-bond donors (Lipinski definition) is 0. The molecule has 3 aliphatic rings. The molecule has 96 valence electrons. The Hall–Kier alpha value is -0.0900. The average Bonchev–Trinajstić information content (AvgIpc) is 3.00. The second kappa shape index (κ2) is 4.88. The normalized spacial score (nSPS) is 40.9. The van der Waals surface area contributed by atoms with Gasteiger partial charge in [0.15, 0.2) is 0 Å². The first-order valence-electron chi connectivity index (χ1n) is 6.73. The zero-order chi connectivity index (χ0) is 11.8. The van der Waals surface area contributed by atoms with Gasteiger partial charge in [-0.1, -0.05) is 22.4 Å². The molecule has 3 nitrogen and oxygen atoms in total.